The van der Waals surface area contributed by atoms with E-state index in [-0.39, 0.29) is 0 Å². The molecular weight excluding hydrogens is 278 g/mol. The molecule has 2 heteroatoms. The van der Waals surface area contributed by atoms with Crippen LogP contribution in [0.15, 0.2) is 24.3 Å². The monoisotopic (exact) mass is 303 g/mol. The fraction of sp³-hybridized carbons (Fsp3) is 0.684. The van der Waals surface area contributed by atoms with E-state index in [2.05, 4.69) is 30.6 Å². The topological polar surface area (TPSA) is 12.0 Å². The summed E-state index contributed by atoms with van der Waals surface area (Å²) in [7, 11) is 2.15. The molecule has 4 fully saturated rings. The number of benzene rings is 1. The van der Waals surface area contributed by atoms with E-state index < -0.39 is 0 Å². The molecule has 1 aromatic carbocycles. The zero-order chi connectivity index (χ0) is 14.4. The van der Waals surface area contributed by atoms with Gasteiger partial charge in [-0.1, -0.05) is 23.7 Å². The van der Waals surface area contributed by atoms with Gasteiger partial charge in [0.05, 0.1) is 0 Å². The lowest BCUT2D eigenvalue weighted by Gasteiger charge is -2.56. The molecule has 1 aromatic rings. The molecule has 0 aliphatic heterocycles. The van der Waals surface area contributed by atoms with Gasteiger partial charge in [0.2, 0.25) is 0 Å². The van der Waals surface area contributed by atoms with Crippen molar-refractivity contribution in [3.8, 4) is 0 Å². The number of rotatable bonds is 4. The zero-order valence-corrected chi connectivity index (χ0v) is 13.7. The highest BCUT2D eigenvalue weighted by Crippen LogP contribution is 2.57. The molecule has 0 amide bonds. The van der Waals surface area contributed by atoms with E-state index in [0.29, 0.717) is 6.04 Å². The van der Waals surface area contributed by atoms with E-state index in [1.165, 1.54) is 37.7 Å². The van der Waals surface area contributed by atoms with Crippen LogP contribution in [0.4, 0.5) is 0 Å². The summed E-state index contributed by atoms with van der Waals surface area (Å²) in [5.74, 6) is 4.98. The van der Waals surface area contributed by atoms with Crippen molar-refractivity contribution in [2.24, 2.45) is 29.6 Å². The summed E-state index contributed by atoms with van der Waals surface area (Å²) in [5, 5.41) is 4.52. The van der Waals surface area contributed by atoms with Crippen molar-refractivity contribution in [3.63, 3.8) is 0 Å². The Bertz CT molecular complexity index is 484. The van der Waals surface area contributed by atoms with Crippen LogP contribution in [0.1, 0.15) is 37.7 Å². The Labute approximate surface area is 133 Å². The van der Waals surface area contributed by atoms with Gasteiger partial charge >= 0.3 is 0 Å². The highest BCUT2D eigenvalue weighted by Gasteiger charge is 2.50. The number of hydrogen-bond donors (Lipinski definition) is 1. The quantitative estimate of drug-likeness (QED) is 0.861. The van der Waals surface area contributed by atoms with Crippen molar-refractivity contribution in [1.82, 2.24) is 5.32 Å². The molecule has 114 valence electrons. The zero-order valence-electron chi connectivity index (χ0n) is 12.9. The molecule has 4 bridgehead atoms. The summed E-state index contributed by atoms with van der Waals surface area (Å²) in [5.41, 5.74) is 1.38. The second kappa shape index (κ2) is 5.59. The predicted molar refractivity (Wildman–Crippen MR) is 88.5 cm³/mol. The molecule has 0 heterocycles. The van der Waals surface area contributed by atoms with Crippen molar-refractivity contribution < 1.29 is 0 Å². The molecule has 0 saturated heterocycles. The molecule has 1 nitrogen and oxygen atoms in total. The number of hydrogen-bond acceptors (Lipinski definition) is 1. The molecule has 4 saturated carbocycles. The third-order valence-electron chi connectivity index (χ3n) is 6.48. The van der Waals surface area contributed by atoms with Gasteiger partial charge in [0, 0.05) is 11.1 Å². The van der Waals surface area contributed by atoms with Gasteiger partial charge in [0.1, 0.15) is 0 Å². The summed E-state index contributed by atoms with van der Waals surface area (Å²) in [6, 6.07) is 9.05. The fourth-order valence-corrected chi connectivity index (χ4v) is 6.19. The summed E-state index contributed by atoms with van der Waals surface area (Å²) in [6.45, 7) is 0. The Kier molecular flexibility index (Phi) is 3.75. The number of likely N-dealkylation sites (N-methyl/N-ethyl adjacent to an activating group) is 1. The van der Waals surface area contributed by atoms with Gasteiger partial charge in [-0.2, -0.15) is 0 Å². The second-order valence-corrected chi connectivity index (χ2v) is 8.17. The minimum atomic E-state index is 0.624. The highest BCUT2D eigenvalue weighted by molar-refractivity contribution is 6.30. The van der Waals surface area contributed by atoms with Crippen LogP contribution in [0.2, 0.25) is 5.02 Å². The fourth-order valence-electron chi connectivity index (χ4n) is 5.97. The maximum atomic E-state index is 6.16. The summed E-state index contributed by atoms with van der Waals surface area (Å²) in [4.78, 5) is 0. The molecule has 0 radical (unpaired) electrons. The van der Waals surface area contributed by atoms with Gasteiger partial charge < -0.3 is 5.32 Å². The molecule has 1 unspecified atom stereocenters. The van der Waals surface area contributed by atoms with Crippen molar-refractivity contribution in [2.75, 3.05) is 7.05 Å². The normalized spacial score (nSPS) is 38.7. The first-order valence-electron chi connectivity index (χ1n) is 8.64. The van der Waals surface area contributed by atoms with Gasteiger partial charge in [-0.3, -0.25) is 0 Å². The van der Waals surface area contributed by atoms with Crippen LogP contribution in [0, 0.1) is 29.6 Å². The minimum Gasteiger partial charge on any atom is -0.316 e. The van der Waals surface area contributed by atoms with E-state index in [4.69, 9.17) is 11.6 Å². The van der Waals surface area contributed by atoms with E-state index in [1.54, 1.807) is 0 Å². The third-order valence-corrected chi connectivity index (χ3v) is 6.71. The molecule has 0 spiro atoms. The van der Waals surface area contributed by atoms with Crippen LogP contribution in [-0.4, -0.2) is 13.1 Å². The second-order valence-electron chi connectivity index (χ2n) is 7.74. The molecule has 4 aliphatic carbocycles. The highest BCUT2D eigenvalue weighted by atomic mass is 35.5. The molecule has 1 atom stereocenters. The molecule has 1 N–H and O–H groups in total. The van der Waals surface area contributed by atoms with Crippen LogP contribution in [0.25, 0.3) is 0 Å². The molecule has 0 aromatic heterocycles. The smallest absolute Gasteiger partial charge is 0.0408 e. The number of halogens is 1. The molecule has 5 rings (SSSR count). The Morgan fingerprint density at radius 3 is 2.33 bits per heavy atom. The largest absolute Gasteiger partial charge is 0.316 e. The van der Waals surface area contributed by atoms with Crippen LogP contribution in [0.5, 0.6) is 0 Å². The van der Waals surface area contributed by atoms with Gasteiger partial charge in [0.25, 0.3) is 0 Å². The first-order chi connectivity index (χ1) is 10.2. The summed E-state index contributed by atoms with van der Waals surface area (Å²) in [6.07, 6.45) is 8.69. The van der Waals surface area contributed by atoms with E-state index in [9.17, 15) is 0 Å². The predicted octanol–water partition coefficient (Wildman–Crippen LogP) is 4.54. The minimum absolute atomic E-state index is 0.624. The Balaban J connectivity index is 1.53. The van der Waals surface area contributed by atoms with Gasteiger partial charge in [-0.15, -0.1) is 0 Å². The van der Waals surface area contributed by atoms with Gasteiger partial charge in [0.15, 0.2) is 0 Å². The summed E-state index contributed by atoms with van der Waals surface area (Å²) >= 11 is 6.16. The Hall–Kier alpha value is -0.530. The average Bonchev–Trinajstić information content (AvgIpc) is 2.45. The van der Waals surface area contributed by atoms with E-state index >= 15 is 0 Å². The lowest BCUT2D eigenvalue weighted by molar-refractivity contribution is -0.0507. The first kappa shape index (κ1) is 14.1. The number of nitrogens with one attached hydrogen (secondary N) is 1. The lowest BCUT2D eigenvalue weighted by Crippen LogP contribution is -2.53. The van der Waals surface area contributed by atoms with Crippen molar-refractivity contribution in [2.45, 2.75) is 44.6 Å². The van der Waals surface area contributed by atoms with E-state index in [1.807, 2.05) is 6.07 Å². The standard InChI is InChI=1S/C19H26ClN/c1-21-18(11-12-3-2-4-17(20)10-12)19-15-6-13-5-14(8-15)9-16(19)7-13/h2-4,10,13-16,18-19,21H,5-9,11H2,1H3. The van der Waals surface area contributed by atoms with Gasteiger partial charge in [-0.25, -0.2) is 0 Å². The Morgan fingerprint density at radius 2 is 1.76 bits per heavy atom. The first-order valence-corrected chi connectivity index (χ1v) is 9.02. The van der Waals surface area contributed by atoms with Crippen molar-refractivity contribution in [1.29, 1.82) is 0 Å². The summed E-state index contributed by atoms with van der Waals surface area (Å²) < 4.78 is 0. The van der Waals surface area contributed by atoms with E-state index in [0.717, 1.165) is 41.0 Å². The maximum absolute atomic E-state index is 6.16. The van der Waals surface area contributed by atoms with Crippen LogP contribution in [0.3, 0.4) is 0 Å². The van der Waals surface area contributed by atoms with Crippen LogP contribution >= 0.6 is 11.6 Å². The maximum Gasteiger partial charge on any atom is 0.0408 e. The van der Waals surface area contributed by atoms with Crippen LogP contribution < -0.4 is 5.32 Å². The SMILES string of the molecule is CNC(Cc1cccc(Cl)c1)C1C2CC3CC(C2)CC1C3. The van der Waals surface area contributed by atoms with Crippen LogP contribution in [-0.2, 0) is 6.42 Å². The van der Waals surface area contributed by atoms with Crippen molar-refractivity contribution in [3.05, 3.63) is 34.9 Å². The van der Waals surface area contributed by atoms with Gasteiger partial charge in [-0.05, 0) is 92.9 Å². The molecule has 4 aliphatic rings. The Morgan fingerprint density at radius 1 is 1.10 bits per heavy atom. The lowest BCUT2D eigenvalue weighted by atomic mass is 9.50. The third kappa shape index (κ3) is 2.64. The van der Waals surface area contributed by atoms with Crippen molar-refractivity contribution >= 4 is 11.6 Å². The molecule has 21 heavy (non-hydrogen) atoms. The molecular formula is C19H26ClN. The average molecular weight is 304 g/mol.